The summed E-state index contributed by atoms with van der Waals surface area (Å²) in [5.41, 5.74) is 2.09. The third-order valence-corrected chi connectivity index (χ3v) is 8.32. The maximum absolute atomic E-state index is 10.8. The molecule has 5 N–H and O–H groups in total. The van der Waals surface area contributed by atoms with Crippen molar-refractivity contribution in [1.82, 2.24) is 15.0 Å². The Morgan fingerprint density at radius 2 is 1.74 bits per heavy atom. The molecule has 2 aromatic carbocycles. The van der Waals surface area contributed by atoms with Crippen LogP contribution in [-0.4, -0.2) is 54.1 Å². The highest BCUT2D eigenvalue weighted by atomic mass is 32.1. The molecule has 0 radical (unpaired) electrons. The SMILES string of the molecule is Cc1nc(N[C@H](C)c2ccccc2)nc(N[C@@H]2C[C@@H]3C(O)[C@]3(O)[C@H]2O)c1-c1nc2ccccc2s1. The number of nitrogens with one attached hydrogen (secondary N) is 2. The minimum Gasteiger partial charge on any atom is -0.390 e. The first-order valence-electron chi connectivity index (χ1n) is 11.8. The van der Waals surface area contributed by atoms with Crippen molar-refractivity contribution in [3.8, 4) is 10.6 Å². The summed E-state index contributed by atoms with van der Waals surface area (Å²) < 4.78 is 1.06. The van der Waals surface area contributed by atoms with E-state index in [-0.39, 0.29) is 12.0 Å². The van der Waals surface area contributed by atoms with E-state index in [1.165, 1.54) is 0 Å². The van der Waals surface area contributed by atoms with Gasteiger partial charge in [-0.2, -0.15) is 4.98 Å². The summed E-state index contributed by atoms with van der Waals surface area (Å²) in [6.07, 6.45) is -1.53. The minimum absolute atomic E-state index is 0.0164. The van der Waals surface area contributed by atoms with E-state index in [0.29, 0.717) is 18.2 Å². The van der Waals surface area contributed by atoms with Crippen LogP contribution in [0.5, 0.6) is 0 Å². The Bertz CT molecular complexity index is 1360. The molecule has 4 aromatic rings. The van der Waals surface area contributed by atoms with Crippen LogP contribution in [0.1, 0.15) is 30.6 Å². The van der Waals surface area contributed by atoms with Gasteiger partial charge >= 0.3 is 0 Å². The van der Waals surface area contributed by atoms with Gasteiger partial charge in [0.25, 0.3) is 0 Å². The molecule has 6 rings (SSSR count). The molecule has 1 unspecified atom stereocenters. The molecule has 0 spiro atoms. The van der Waals surface area contributed by atoms with Gasteiger partial charge in [0.15, 0.2) is 0 Å². The molecule has 2 fully saturated rings. The van der Waals surface area contributed by atoms with Crippen molar-refractivity contribution in [2.24, 2.45) is 5.92 Å². The van der Waals surface area contributed by atoms with Crippen LogP contribution in [0.4, 0.5) is 11.8 Å². The summed E-state index contributed by atoms with van der Waals surface area (Å²) in [6.45, 7) is 3.97. The zero-order valence-corrected chi connectivity index (χ0v) is 20.2. The van der Waals surface area contributed by atoms with E-state index in [4.69, 9.17) is 15.0 Å². The molecule has 2 heterocycles. The van der Waals surface area contributed by atoms with Gasteiger partial charge in [0.2, 0.25) is 5.95 Å². The highest BCUT2D eigenvalue weighted by Gasteiger charge is 2.74. The van der Waals surface area contributed by atoms with Crippen LogP contribution >= 0.6 is 11.3 Å². The van der Waals surface area contributed by atoms with Gasteiger partial charge in [0.1, 0.15) is 22.5 Å². The first-order valence-corrected chi connectivity index (χ1v) is 12.6. The number of para-hydroxylation sites is 1. The molecule has 35 heavy (non-hydrogen) atoms. The normalized spacial score (nSPS) is 28.0. The number of hydrogen-bond donors (Lipinski definition) is 5. The molecular weight excluding hydrogens is 462 g/mol. The lowest BCUT2D eigenvalue weighted by atomic mass is 10.1. The Balaban J connectivity index is 1.38. The molecule has 0 aliphatic heterocycles. The Hall–Kier alpha value is -3.11. The average Bonchev–Trinajstić information content (AvgIpc) is 3.14. The number of rotatable bonds is 6. The molecule has 180 valence electrons. The standard InChI is InChI=1S/C26H27N5O3S/c1-13(15-8-4-3-5-9-15)27-25-28-14(2)20(24-30-17-10-6-7-11-19(17)35-24)23(31-25)29-18-12-16-21(32)26(16,34)22(18)33/h3-11,13,16,18,21-22,32-34H,12H2,1-2H3,(H2,27,28,29,31)/t13-,16-,18-,21?,22+,26+/m1/s1. The Morgan fingerprint density at radius 1 is 1.00 bits per heavy atom. The van der Waals surface area contributed by atoms with E-state index in [9.17, 15) is 15.3 Å². The van der Waals surface area contributed by atoms with Gasteiger partial charge < -0.3 is 26.0 Å². The summed E-state index contributed by atoms with van der Waals surface area (Å²) in [6, 6.07) is 17.5. The summed E-state index contributed by atoms with van der Waals surface area (Å²) in [7, 11) is 0. The molecule has 2 aliphatic rings. The van der Waals surface area contributed by atoms with Crippen LogP contribution in [0.15, 0.2) is 54.6 Å². The number of benzene rings is 2. The number of aliphatic hydroxyl groups is 3. The number of nitrogens with zero attached hydrogens (tertiary/aromatic N) is 3. The van der Waals surface area contributed by atoms with Crippen molar-refractivity contribution in [3.63, 3.8) is 0 Å². The summed E-state index contributed by atoms with van der Waals surface area (Å²) >= 11 is 1.56. The molecule has 6 atom stereocenters. The fourth-order valence-electron chi connectivity index (χ4n) is 5.19. The van der Waals surface area contributed by atoms with E-state index in [0.717, 1.165) is 32.0 Å². The largest absolute Gasteiger partial charge is 0.390 e. The first-order chi connectivity index (χ1) is 16.9. The third kappa shape index (κ3) is 3.66. The van der Waals surface area contributed by atoms with Crippen molar-refractivity contribution in [3.05, 3.63) is 65.9 Å². The van der Waals surface area contributed by atoms with Gasteiger partial charge in [-0.15, -0.1) is 11.3 Å². The van der Waals surface area contributed by atoms with Gasteiger partial charge in [0, 0.05) is 5.92 Å². The van der Waals surface area contributed by atoms with Crippen LogP contribution in [0.3, 0.4) is 0 Å². The van der Waals surface area contributed by atoms with Crippen LogP contribution < -0.4 is 10.6 Å². The van der Waals surface area contributed by atoms with Crippen LogP contribution in [0.2, 0.25) is 0 Å². The Morgan fingerprint density at radius 3 is 2.46 bits per heavy atom. The lowest BCUT2D eigenvalue weighted by Gasteiger charge is -2.25. The molecule has 2 aliphatic carbocycles. The van der Waals surface area contributed by atoms with Crippen molar-refractivity contribution >= 4 is 33.3 Å². The zero-order valence-electron chi connectivity index (χ0n) is 19.4. The van der Waals surface area contributed by atoms with Crippen LogP contribution in [0, 0.1) is 12.8 Å². The number of thiazole rings is 1. The van der Waals surface area contributed by atoms with Crippen LogP contribution in [-0.2, 0) is 0 Å². The van der Waals surface area contributed by atoms with Gasteiger partial charge in [-0.1, -0.05) is 42.5 Å². The zero-order chi connectivity index (χ0) is 24.3. The molecule has 2 aromatic heterocycles. The van der Waals surface area contributed by atoms with Gasteiger partial charge in [0.05, 0.1) is 39.7 Å². The van der Waals surface area contributed by atoms with Crippen molar-refractivity contribution in [1.29, 1.82) is 0 Å². The summed E-state index contributed by atoms with van der Waals surface area (Å²) in [4.78, 5) is 14.4. The van der Waals surface area contributed by atoms with E-state index in [1.54, 1.807) is 11.3 Å². The highest BCUT2D eigenvalue weighted by Crippen LogP contribution is 2.56. The fourth-order valence-corrected chi connectivity index (χ4v) is 6.26. The smallest absolute Gasteiger partial charge is 0.225 e. The molecule has 0 bridgehead atoms. The number of hydrogen-bond acceptors (Lipinski definition) is 9. The Kier molecular flexibility index (Phi) is 5.26. The highest BCUT2D eigenvalue weighted by molar-refractivity contribution is 7.21. The summed E-state index contributed by atoms with van der Waals surface area (Å²) in [5.74, 6) is 0.671. The van der Waals surface area contributed by atoms with E-state index < -0.39 is 23.9 Å². The second-order valence-corrected chi connectivity index (χ2v) is 10.5. The van der Waals surface area contributed by atoms with E-state index >= 15 is 0 Å². The number of aliphatic hydroxyl groups excluding tert-OH is 2. The second kappa shape index (κ2) is 8.23. The second-order valence-electron chi connectivity index (χ2n) is 9.49. The quantitative estimate of drug-likeness (QED) is 0.279. The predicted octanol–water partition coefficient (Wildman–Crippen LogP) is 3.50. The third-order valence-electron chi connectivity index (χ3n) is 7.27. The Labute approximate surface area is 206 Å². The molecular formula is C26H27N5O3S. The van der Waals surface area contributed by atoms with E-state index in [1.807, 2.05) is 68.4 Å². The average molecular weight is 490 g/mol. The number of anilines is 2. The number of aromatic nitrogens is 3. The molecule has 0 saturated heterocycles. The van der Waals surface area contributed by atoms with Crippen LogP contribution in [0.25, 0.3) is 20.8 Å². The van der Waals surface area contributed by atoms with Crippen molar-refractivity contribution in [2.45, 2.75) is 50.2 Å². The fraction of sp³-hybridized carbons (Fsp3) is 0.346. The van der Waals surface area contributed by atoms with E-state index in [2.05, 4.69) is 10.6 Å². The maximum Gasteiger partial charge on any atom is 0.225 e. The first kappa shape index (κ1) is 22.4. The van der Waals surface area contributed by atoms with Crippen molar-refractivity contribution < 1.29 is 15.3 Å². The monoisotopic (exact) mass is 489 g/mol. The summed E-state index contributed by atoms with van der Waals surface area (Å²) in [5, 5.41) is 38.9. The molecule has 9 heteroatoms. The maximum atomic E-state index is 10.8. The minimum atomic E-state index is -1.45. The lowest BCUT2D eigenvalue weighted by molar-refractivity contribution is -0.0262. The van der Waals surface area contributed by atoms with Gasteiger partial charge in [-0.25, -0.2) is 9.97 Å². The topological polar surface area (TPSA) is 123 Å². The molecule has 2 saturated carbocycles. The number of fused-ring (bicyclic) bond motifs is 2. The van der Waals surface area contributed by atoms with Crippen molar-refractivity contribution in [2.75, 3.05) is 10.6 Å². The molecule has 0 amide bonds. The number of aryl methyl sites for hydroxylation is 1. The lowest BCUT2D eigenvalue weighted by Crippen LogP contribution is -2.42. The molecule has 8 nitrogen and oxygen atoms in total. The van der Waals surface area contributed by atoms with Gasteiger partial charge in [-0.3, -0.25) is 0 Å². The van der Waals surface area contributed by atoms with Gasteiger partial charge in [-0.05, 0) is 38.0 Å². The predicted molar refractivity (Wildman–Crippen MR) is 136 cm³/mol.